The molecule has 0 spiro atoms. The van der Waals surface area contributed by atoms with E-state index >= 15 is 0 Å². The van der Waals surface area contributed by atoms with Gasteiger partial charge in [-0.2, -0.15) is 0 Å². The average molecular weight is 454 g/mol. The van der Waals surface area contributed by atoms with Crippen LogP contribution in [0.3, 0.4) is 0 Å². The lowest BCUT2D eigenvalue weighted by Crippen LogP contribution is -2.40. The molecule has 7 heteroatoms. The van der Waals surface area contributed by atoms with Gasteiger partial charge in [0.05, 0.1) is 13.2 Å². The van der Waals surface area contributed by atoms with E-state index in [0.717, 1.165) is 24.4 Å². The van der Waals surface area contributed by atoms with Crippen LogP contribution in [0.25, 0.3) is 0 Å². The number of nitrogens with zero attached hydrogens (tertiary/aromatic N) is 1. The van der Waals surface area contributed by atoms with Gasteiger partial charge in [-0.25, -0.2) is 4.79 Å². The molecular formula is C26H35N3O4. The first kappa shape index (κ1) is 24.6. The van der Waals surface area contributed by atoms with Crippen LogP contribution in [0, 0.1) is 0 Å². The highest BCUT2D eigenvalue weighted by Crippen LogP contribution is 2.26. The minimum atomic E-state index is -0.593. The van der Waals surface area contributed by atoms with Gasteiger partial charge in [-0.15, -0.1) is 0 Å². The molecular weight excluding hydrogens is 418 g/mol. The number of carbonyl (C=O) groups excluding carboxylic acids is 2. The quantitative estimate of drug-likeness (QED) is 0.617. The van der Waals surface area contributed by atoms with Crippen LogP contribution >= 0.6 is 0 Å². The van der Waals surface area contributed by atoms with Gasteiger partial charge in [0.15, 0.2) is 0 Å². The fraction of sp³-hybridized carbons (Fsp3) is 0.462. The molecule has 1 heterocycles. The van der Waals surface area contributed by atoms with E-state index in [-0.39, 0.29) is 11.9 Å². The number of methoxy groups -OCH3 is 1. The molecule has 2 amide bonds. The first-order valence-corrected chi connectivity index (χ1v) is 11.5. The third kappa shape index (κ3) is 7.49. The van der Waals surface area contributed by atoms with Crippen LogP contribution in [0.2, 0.25) is 0 Å². The van der Waals surface area contributed by atoms with Crippen molar-refractivity contribution in [2.75, 3.05) is 32.1 Å². The molecule has 1 atom stereocenters. The van der Waals surface area contributed by atoms with E-state index in [1.54, 1.807) is 52.1 Å². The average Bonchev–Trinajstić information content (AvgIpc) is 2.79. The summed E-state index contributed by atoms with van der Waals surface area (Å²) >= 11 is 0. The summed E-state index contributed by atoms with van der Waals surface area (Å²) < 4.78 is 10.6. The number of amides is 2. The van der Waals surface area contributed by atoms with Gasteiger partial charge in [0, 0.05) is 17.8 Å². The number of piperidine rings is 1. The topological polar surface area (TPSA) is 79.9 Å². The van der Waals surface area contributed by atoms with Crippen LogP contribution < -0.4 is 15.4 Å². The van der Waals surface area contributed by atoms with Gasteiger partial charge in [-0.3, -0.25) is 15.0 Å². The summed E-state index contributed by atoms with van der Waals surface area (Å²) in [6.45, 7) is 7.94. The lowest BCUT2D eigenvalue weighted by atomic mass is 10.0. The van der Waals surface area contributed by atoms with E-state index < -0.39 is 11.7 Å². The van der Waals surface area contributed by atoms with Crippen LogP contribution in [0.1, 0.15) is 62.0 Å². The highest BCUT2D eigenvalue weighted by Gasteiger charge is 2.23. The Labute approximate surface area is 196 Å². The monoisotopic (exact) mass is 453 g/mol. The number of nitrogens with one attached hydrogen (secondary N) is 2. The number of rotatable bonds is 7. The number of ether oxygens (including phenoxy) is 2. The van der Waals surface area contributed by atoms with E-state index in [4.69, 9.17) is 9.47 Å². The van der Waals surface area contributed by atoms with Gasteiger partial charge in [0.1, 0.15) is 11.4 Å². The molecule has 1 unspecified atom stereocenters. The molecule has 1 aliphatic rings. The van der Waals surface area contributed by atoms with Crippen molar-refractivity contribution in [3.63, 3.8) is 0 Å². The van der Waals surface area contributed by atoms with Crippen molar-refractivity contribution in [1.82, 2.24) is 10.2 Å². The molecule has 1 saturated heterocycles. The predicted octanol–water partition coefficient (Wildman–Crippen LogP) is 5.00. The molecule has 3 rings (SSSR count). The second-order valence-corrected chi connectivity index (χ2v) is 9.30. The summed E-state index contributed by atoms with van der Waals surface area (Å²) in [5, 5.41) is 5.77. The fourth-order valence-corrected chi connectivity index (χ4v) is 3.96. The predicted molar refractivity (Wildman–Crippen MR) is 130 cm³/mol. The Morgan fingerprint density at radius 1 is 1.03 bits per heavy atom. The zero-order valence-corrected chi connectivity index (χ0v) is 20.0. The van der Waals surface area contributed by atoms with E-state index in [1.165, 1.54) is 19.3 Å². The molecule has 2 aromatic carbocycles. The number of hydrogen-bond donors (Lipinski definition) is 2. The third-order valence-corrected chi connectivity index (χ3v) is 5.56. The van der Waals surface area contributed by atoms with Gasteiger partial charge >= 0.3 is 6.09 Å². The minimum Gasteiger partial charge on any atom is -0.497 e. The molecule has 0 saturated carbocycles. The Balaban J connectivity index is 1.67. The van der Waals surface area contributed by atoms with Gasteiger partial charge in [0.2, 0.25) is 0 Å². The minimum absolute atomic E-state index is 0.0863. The zero-order chi connectivity index (χ0) is 23.8. The highest BCUT2D eigenvalue weighted by molar-refractivity contribution is 5.96. The Bertz CT molecular complexity index is 931. The highest BCUT2D eigenvalue weighted by atomic mass is 16.6. The SMILES string of the molecule is COc1ccc(C(CNC(=O)c2cccc(NC(=O)OC(C)(C)C)c2)N2CCCCC2)cc1. The van der Waals surface area contributed by atoms with Crippen molar-refractivity contribution in [2.24, 2.45) is 0 Å². The second kappa shape index (κ2) is 11.2. The number of benzene rings is 2. The molecule has 0 aliphatic carbocycles. The van der Waals surface area contributed by atoms with E-state index in [1.807, 2.05) is 12.1 Å². The Kier molecular flexibility index (Phi) is 8.33. The first-order valence-electron chi connectivity index (χ1n) is 11.5. The first-order chi connectivity index (χ1) is 15.7. The maximum absolute atomic E-state index is 12.9. The van der Waals surface area contributed by atoms with Gasteiger partial charge in [-0.1, -0.05) is 24.6 Å². The Morgan fingerprint density at radius 2 is 1.73 bits per heavy atom. The summed E-state index contributed by atoms with van der Waals surface area (Å²) in [5.41, 5.74) is 1.55. The summed E-state index contributed by atoms with van der Waals surface area (Å²) in [4.78, 5) is 27.4. The maximum Gasteiger partial charge on any atom is 0.412 e. The molecule has 0 aromatic heterocycles. The second-order valence-electron chi connectivity index (χ2n) is 9.30. The van der Waals surface area contributed by atoms with Crippen LogP contribution in [0.4, 0.5) is 10.5 Å². The number of likely N-dealkylation sites (tertiary alicyclic amines) is 1. The van der Waals surface area contributed by atoms with E-state index in [2.05, 4.69) is 27.7 Å². The molecule has 1 aliphatic heterocycles. The van der Waals surface area contributed by atoms with Crippen molar-refractivity contribution in [3.05, 3.63) is 59.7 Å². The largest absolute Gasteiger partial charge is 0.497 e. The van der Waals surface area contributed by atoms with Crippen LogP contribution in [0.15, 0.2) is 48.5 Å². The smallest absolute Gasteiger partial charge is 0.412 e. The summed E-state index contributed by atoms with van der Waals surface area (Å²) in [7, 11) is 1.66. The molecule has 2 aromatic rings. The number of carbonyl (C=O) groups is 2. The van der Waals surface area contributed by atoms with Gasteiger partial charge in [-0.05, 0) is 82.6 Å². The van der Waals surface area contributed by atoms with Crippen LogP contribution in [-0.4, -0.2) is 49.2 Å². The summed E-state index contributed by atoms with van der Waals surface area (Å²) in [5.74, 6) is 0.632. The third-order valence-electron chi connectivity index (χ3n) is 5.56. The van der Waals surface area contributed by atoms with Crippen LogP contribution in [0.5, 0.6) is 5.75 Å². The van der Waals surface area contributed by atoms with Crippen molar-refractivity contribution in [1.29, 1.82) is 0 Å². The van der Waals surface area contributed by atoms with E-state index in [0.29, 0.717) is 17.8 Å². The van der Waals surface area contributed by atoms with E-state index in [9.17, 15) is 9.59 Å². The zero-order valence-electron chi connectivity index (χ0n) is 20.0. The molecule has 7 nitrogen and oxygen atoms in total. The molecule has 1 fully saturated rings. The molecule has 178 valence electrons. The number of anilines is 1. The van der Waals surface area contributed by atoms with Crippen molar-refractivity contribution < 1.29 is 19.1 Å². The number of hydrogen-bond acceptors (Lipinski definition) is 5. The van der Waals surface area contributed by atoms with Gasteiger partial charge in [0.25, 0.3) is 5.91 Å². The molecule has 0 bridgehead atoms. The maximum atomic E-state index is 12.9. The lowest BCUT2D eigenvalue weighted by Gasteiger charge is -2.35. The Morgan fingerprint density at radius 3 is 2.36 bits per heavy atom. The molecule has 0 radical (unpaired) electrons. The Hall–Kier alpha value is -3.06. The lowest BCUT2D eigenvalue weighted by molar-refractivity contribution is 0.0635. The summed E-state index contributed by atoms with van der Waals surface area (Å²) in [6.07, 6.45) is 3.03. The van der Waals surface area contributed by atoms with Crippen molar-refractivity contribution in [2.45, 2.75) is 51.7 Å². The van der Waals surface area contributed by atoms with Crippen molar-refractivity contribution in [3.8, 4) is 5.75 Å². The van der Waals surface area contributed by atoms with Gasteiger partial charge < -0.3 is 14.8 Å². The van der Waals surface area contributed by atoms with Crippen LogP contribution in [-0.2, 0) is 4.74 Å². The fourth-order valence-electron chi connectivity index (χ4n) is 3.96. The summed E-state index contributed by atoms with van der Waals surface area (Å²) in [6, 6.07) is 15.0. The standard InChI is InChI=1S/C26H35N3O4/c1-26(2,3)33-25(31)28-21-10-8-9-20(17-21)24(30)27-18-23(29-15-6-5-7-16-29)19-11-13-22(32-4)14-12-19/h8-14,17,23H,5-7,15-16,18H2,1-4H3,(H,27,30)(H,28,31). The van der Waals surface area contributed by atoms with Crippen molar-refractivity contribution >= 4 is 17.7 Å². The molecule has 33 heavy (non-hydrogen) atoms. The molecule has 2 N–H and O–H groups in total. The normalized spacial score (nSPS) is 15.4.